The maximum atomic E-state index is 12.6. The lowest BCUT2D eigenvalue weighted by Gasteiger charge is -2.30. The van der Waals surface area contributed by atoms with Crippen molar-refractivity contribution in [1.29, 1.82) is 0 Å². The van der Waals surface area contributed by atoms with Gasteiger partial charge in [-0.3, -0.25) is 0 Å². The average molecular weight is 293 g/mol. The first-order chi connectivity index (χ1) is 9.38. The summed E-state index contributed by atoms with van der Waals surface area (Å²) in [6.45, 7) is 4.28. The van der Waals surface area contributed by atoms with Gasteiger partial charge in [0.1, 0.15) is 6.61 Å². The molecular weight excluding hydrogens is 274 g/mol. The van der Waals surface area contributed by atoms with Crippen LogP contribution in [0.3, 0.4) is 0 Å². The Morgan fingerprint density at radius 1 is 1.30 bits per heavy atom. The largest absolute Gasteiger partial charge is 0.384 e. The fraction of sp³-hybridized carbons (Fsp3) is 0.467. The molecule has 0 aromatic heterocycles. The molecule has 1 aromatic carbocycles. The SMILES string of the molecule is CC1(C)CCCN1S(=O)(=O)c1ccc(C#CCO)cc1. The van der Waals surface area contributed by atoms with Crippen LogP contribution in [-0.4, -0.2) is 36.5 Å². The lowest BCUT2D eigenvalue weighted by Crippen LogP contribution is -2.42. The van der Waals surface area contributed by atoms with Crippen LogP contribution in [0.15, 0.2) is 29.2 Å². The quantitative estimate of drug-likeness (QED) is 0.843. The summed E-state index contributed by atoms with van der Waals surface area (Å²) in [5, 5.41) is 8.64. The molecule has 1 aliphatic heterocycles. The van der Waals surface area contributed by atoms with Gasteiger partial charge in [-0.1, -0.05) is 11.8 Å². The molecule has 0 bridgehead atoms. The molecule has 5 heteroatoms. The number of rotatable bonds is 2. The number of benzene rings is 1. The summed E-state index contributed by atoms with van der Waals surface area (Å²) in [4.78, 5) is 0.294. The van der Waals surface area contributed by atoms with Gasteiger partial charge in [0.25, 0.3) is 0 Å². The molecule has 1 aliphatic rings. The molecule has 0 atom stereocenters. The minimum absolute atomic E-state index is 0.206. The zero-order chi connectivity index (χ0) is 14.8. The molecular formula is C15H19NO3S. The van der Waals surface area contributed by atoms with Crippen LogP contribution in [0.4, 0.5) is 0 Å². The van der Waals surface area contributed by atoms with E-state index in [0.717, 1.165) is 12.8 Å². The van der Waals surface area contributed by atoms with Crippen molar-refractivity contribution >= 4 is 10.0 Å². The highest BCUT2D eigenvalue weighted by atomic mass is 32.2. The number of aliphatic hydroxyl groups excluding tert-OH is 1. The van der Waals surface area contributed by atoms with Crippen molar-refractivity contribution in [2.45, 2.75) is 37.1 Å². The first-order valence-corrected chi connectivity index (χ1v) is 8.04. The number of aliphatic hydroxyl groups is 1. The van der Waals surface area contributed by atoms with Crippen molar-refractivity contribution in [2.24, 2.45) is 0 Å². The first kappa shape index (κ1) is 15.0. The molecule has 20 heavy (non-hydrogen) atoms. The minimum Gasteiger partial charge on any atom is -0.384 e. The maximum absolute atomic E-state index is 12.6. The van der Waals surface area contributed by atoms with Crippen LogP contribution in [0.1, 0.15) is 32.3 Å². The number of hydrogen-bond donors (Lipinski definition) is 1. The Bertz CT molecular complexity index is 636. The van der Waals surface area contributed by atoms with Crippen LogP contribution in [0.2, 0.25) is 0 Å². The average Bonchev–Trinajstić information content (AvgIpc) is 2.77. The summed E-state index contributed by atoms with van der Waals surface area (Å²) in [7, 11) is -3.45. The van der Waals surface area contributed by atoms with E-state index in [-0.39, 0.29) is 12.1 Å². The summed E-state index contributed by atoms with van der Waals surface area (Å²) in [6, 6.07) is 6.48. The Labute approximate surface area is 120 Å². The zero-order valence-corrected chi connectivity index (χ0v) is 12.6. The molecule has 0 radical (unpaired) electrons. The zero-order valence-electron chi connectivity index (χ0n) is 11.8. The third-order valence-corrected chi connectivity index (χ3v) is 5.70. The minimum atomic E-state index is -3.45. The lowest BCUT2D eigenvalue weighted by molar-refractivity contribution is 0.291. The highest BCUT2D eigenvalue weighted by molar-refractivity contribution is 7.89. The van der Waals surface area contributed by atoms with E-state index in [1.807, 2.05) is 13.8 Å². The van der Waals surface area contributed by atoms with Crippen LogP contribution in [-0.2, 0) is 10.0 Å². The molecule has 108 valence electrons. The Morgan fingerprint density at radius 3 is 2.45 bits per heavy atom. The molecule has 1 heterocycles. The van der Waals surface area contributed by atoms with E-state index in [2.05, 4.69) is 11.8 Å². The van der Waals surface area contributed by atoms with Gasteiger partial charge in [-0.25, -0.2) is 8.42 Å². The summed E-state index contributed by atoms with van der Waals surface area (Å²) in [5.41, 5.74) is 0.368. The first-order valence-electron chi connectivity index (χ1n) is 6.60. The van der Waals surface area contributed by atoms with Gasteiger partial charge in [-0.05, 0) is 51.0 Å². The number of sulfonamides is 1. The molecule has 4 nitrogen and oxygen atoms in total. The van der Waals surface area contributed by atoms with Gasteiger partial charge in [0, 0.05) is 17.6 Å². The molecule has 0 aliphatic carbocycles. The van der Waals surface area contributed by atoms with Crippen molar-refractivity contribution in [1.82, 2.24) is 4.31 Å². The fourth-order valence-corrected chi connectivity index (χ4v) is 4.35. The topological polar surface area (TPSA) is 57.6 Å². The van der Waals surface area contributed by atoms with Crippen LogP contribution < -0.4 is 0 Å². The maximum Gasteiger partial charge on any atom is 0.243 e. The van der Waals surface area contributed by atoms with E-state index in [4.69, 9.17) is 5.11 Å². The van der Waals surface area contributed by atoms with Crippen molar-refractivity contribution in [3.05, 3.63) is 29.8 Å². The molecule has 1 N–H and O–H groups in total. The molecule has 0 amide bonds. The van der Waals surface area contributed by atoms with Crippen molar-refractivity contribution < 1.29 is 13.5 Å². The third-order valence-electron chi connectivity index (χ3n) is 3.58. The standard InChI is InChI=1S/C15H19NO3S/c1-15(2)10-4-11-16(15)20(18,19)14-8-6-13(7-9-14)5-3-12-17/h6-9,17H,4,10-12H2,1-2H3. The second-order valence-electron chi connectivity index (χ2n) is 5.48. The molecule has 1 aromatic rings. The van der Waals surface area contributed by atoms with Gasteiger partial charge in [-0.15, -0.1) is 0 Å². The van der Waals surface area contributed by atoms with Gasteiger partial charge < -0.3 is 5.11 Å². The summed E-state index contributed by atoms with van der Waals surface area (Å²) in [5.74, 6) is 5.29. The third kappa shape index (κ3) is 2.88. The second kappa shape index (κ2) is 5.57. The van der Waals surface area contributed by atoms with Gasteiger partial charge in [-0.2, -0.15) is 4.31 Å². The Hall–Kier alpha value is -1.35. The Kier molecular flexibility index (Phi) is 4.19. The number of nitrogens with zero attached hydrogens (tertiary/aromatic N) is 1. The van der Waals surface area contributed by atoms with E-state index < -0.39 is 10.0 Å². The second-order valence-corrected chi connectivity index (χ2v) is 7.34. The van der Waals surface area contributed by atoms with Crippen molar-refractivity contribution in [2.75, 3.05) is 13.2 Å². The van der Waals surface area contributed by atoms with Gasteiger partial charge in [0.15, 0.2) is 0 Å². The van der Waals surface area contributed by atoms with Gasteiger partial charge in [0.2, 0.25) is 10.0 Å². The van der Waals surface area contributed by atoms with E-state index in [1.54, 1.807) is 28.6 Å². The molecule has 1 fully saturated rings. The van der Waals surface area contributed by atoms with Gasteiger partial charge >= 0.3 is 0 Å². The highest BCUT2D eigenvalue weighted by Gasteiger charge is 2.40. The van der Waals surface area contributed by atoms with E-state index in [1.165, 1.54) is 0 Å². The van der Waals surface area contributed by atoms with Crippen LogP contribution in [0.5, 0.6) is 0 Å². The van der Waals surface area contributed by atoms with Crippen molar-refractivity contribution in [3.8, 4) is 11.8 Å². The Morgan fingerprint density at radius 2 is 1.95 bits per heavy atom. The monoisotopic (exact) mass is 293 g/mol. The van der Waals surface area contributed by atoms with Crippen molar-refractivity contribution in [3.63, 3.8) is 0 Å². The van der Waals surface area contributed by atoms with E-state index >= 15 is 0 Å². The highest BCUT2D eigenvalue weighted by Crippen LogP contribution is 2.33. The van der Waals surface area contributed by atoms with Gasteiger partial charge in [0.05, 0.1) is 4.90 Å². The van der Waals surface area contributed by atoms with Crippen LogP contribution in [0, 0.1) is 11.8 Å². The molecule has 0 unspecified atom stereocenters. The smallest absolute Gasteiger partial charge is 0.243 e. The lowest BCUT2D eigenvalue weighted by atomic mass is 10.0. The Balaban J connectivity index is 2.31. The summed E-state index contributed by atoms with van der Waals surface area (Å²) >= 11 is 0. The van der Waals surface area contributed by atoms with Crippen LogP contribution >= 0.6 is 0 Å². The predicted molar refractivity (Wildman–Crippen MR) is 77.6 cm³/mol. The summed E-state index contributed by atoms with van der Waals surface area (Å²) < 4.78 is 26.8. The van der Waals surface area contributed by atoms with E-state index in [9.17, 15) is 8.42 Å². The molecule has 0 saturated carbocycles. The molecule has 2 rings (SSSR count). The predicted octanol–water partition coefficient (Wildman–Crippen LogP) is 1.59. The molecule has 1 saturated heterocycles. The van der Waals surface area contributed by atoms with E-state index in [0.29, 0.717) is 17.0 Å². The van der Waals surface area contributed by atoms with Crippen LogP contribution in [0.25, 0.3) is 0 Å². The summed E-state index contributed by atoms with van der Waals surface area (Å²) in [6.07, 6.45) is 1.78. The number of hydrogen-bond acceptors (Lipinski definition) is 3. The normalized spacial score (nSPS) is 18.6. The molecule has 0 spiro atoms. The fourth-order valence-electron chi connectivity index (χ4n) is 2.51.